The van der Waals surface area contributed by atoms with Crippen LogP contribution in [0.1, 0.15) is 44.9 Å². The van der Waals surface area contributed by atoms with Gasteiger partial charge in [-0.1, -0.05) is 12.5 Å². The van der Waals surface area contributed by atoms with Crippen molar-refractivity contribution in [2.24, 2.45) is 0 Å². The molecule has 0 aromatic rings. The molecule has 1 nitrogen and oxygen atoms in total. The van der Waals surface area contributed by atoms with E-state index in [1.807, 2.05) is 6.08 Å². The Morgan fingerprint density at radius 2 is 1.88 bits per heavy atom. The van der Waals surface area contributed by atoms with Crippen LogP contribution >= 0.6 is 23.5 Å². The molecule has 0 spiro atoms. The fourth-order valence-electron chi connectivity index (χ4n) is 1.99. The van der Waals surface area contributed by atoms with Crippen LogP contribution in [0.3, 0.4) is 0 Å². The molecule has 0 aliphatic carbocycles. The van der Waals surface area contributed by atoms with Gasteiger partial charge in [0.05, 0.1) is 4.08 Å². The number of carbonyl (C=O) groups is 1. The molecule has 92 valence electrons. The van der Waals surface area contributed by atoms with Crippen molar-refractivity contribution in [2.45, 2.75) is 49.0 Å². The summed E-state index contributed by atoms with van der Waals surface area (Å²) in [6.07, 6.45) is 11.1. The zero-order valence-corrected chi connectivity index (χ0v) is 11.6. The van der Waals surface area contributed by atoms with Crippen LogP contribution in [0.5, 0.6) is 0 Å². The van der Waals surface area contributed by atoms with E-state index >= 15 is 0 Å². The second kappa shape index (κ2) is 8.24. The Bertz CT molecular complexity index is 210. The molecule has 1 aliphatic heterocycles. The summed E-state index contributed by atoms with van der Waals surface area (Å²) in [5.74, 6) is 2.54. The maximum absolute atomic E-state index is 10.5. The fraction of sp³-hybridized carbons (Fsp3) is 0.769. The number of hydrogen-bond donors (Lipinski definition) is 0. The van der Waals surface area contributed by atoms with Crippen LogP contribution in [0.15, 0.2) is 12.7 Å². The molecule has 1 heterocycles. The zero-order valence-electron chi connectivity index (χ0n) is 9.95. The van der Waals surface area contributed by atoms with Gasteiger partial charge in [0.25, 0.3) is 0 Å². The van der Waals surface area contributed by atoms with E-state index in [4.69, 9.17) is 0 Å². The van der Waals surface area contributed by atoms with E-state index in [0.717, 1.165) is 25.5 Å². The van der Waals surface area contributed by atoms with E-state index in [-0.39, 0.29) is 0 Å². The van der Waals surface area contributed by atoms with Crippen LogP contribution < -0.4 is 0 Å². The van der Waals surface area contributed by atoms with Gasteiger partial charge in [-0.15, -0.1) is 30.1 Å². The van der Waals surface area contributed by atoms with Gasteiger partial charge in [0, 0.05) is 6.42 Å². The standard InChI is InChI=1S/C13H22OS2/c1-2-3-4-5-8-13(9-6-10-14)15-11-7-12-16-13/h2,10H,1,3-9,11-12H2. The van der Waals surface area contributed by atoms with Gasteiger partial charge in [0.2, 0.25) is 0 Å². The maximum atomic E-state index is 10.5. The van der Waals surface area contributed by atoms with Crippen LogP contribution in [0.25, 0.3) is 0 Å². The van der Waals surface area contributed by atoms with Gasteiger partial charge in [0.15, 0.2) is 0 Å². The van der Waals surface area contributed by atoms with Crippen molar-refractivity contribution in [3.63, 3.8) is 0 Å². The van der Waals surface area contributed by atoms with Crippen LogP contribution in [-0.2, 0) is 4.79 Å². The van der Waals surface area contributed by atoms with Gasteiger partial charge in [-0.25, -0.2) is 0 Å². The molecule has 0 saturated carbocycles. The highest BCUT2D eigenvalue weighted by molar-refractivity contribution is 8.18. The molecule has 0 amide bonds. The molecule has 0 atom stereocenters. The summed E-state index contributed by atoms with van der Waals surface area (Å²) in [5, 5.41) is 0. The first-order valence-corrected chi connectivity index (χ1v) is 8.12. The van der Waals surface area contributed by atoms with Gasteiger partial charge in [-0.3, -0.25) is 0 Å². The summed E-state index contributed by atoms with van der Waals surface area (Å²) in [5.41, 5.74) is 0. The highest BCUT2D eigenvalue weighted by atomic mass is 32.2. The molecule has 0 unspecified atom stereocenters. The van der Waals surface area contributed by atoms with Crippen LogP contribution in [0, 0.1) is 0 Å². The van der Waals surface area contributed by atoms with Crippen molar-refractivity contribution in [3.8, 4) is 0 Å². The normalized spacial score (nSPS) is 19.2. The second-order valence-corrected chi connectivity index (χ2v) is 7.42. The Hall–Kier alpha value is 0.110. The number of aldehydes is 1. The van der Waals surface area contributed by atoms with Crippen molar-refractivity contribution in [2.75, 3.05) is 11.5 Å². The molecule has 0 aromatic carbocycles. The zero-order chi connectivity index (χ0) is 11.7. The molecule has 0 aromatic heterocycles. The van der Waals surface area contributed by atoms with Gasteiger partial charge in [-0.05, 0) is 43.6 Å². The third kappa shape index (κ3) is 4.96. The first kappa shape index (κ1) is 14.2. The molecular weight excluding hydrogens is 236 g/mol. The Morgan fingerprint density at radius 3 is 2.50 bits per heavy atom. The Balaban J connectivity index is 2.35. The third-order valence-electron chi connectivity index (χ3n) is 2.88. The minimum Gasteiger partial charge on any atom is -0.303 e. The van der Waals surface area contributed by atoms with Gasteiger partial charge in [0.1, 0.15) is 6.29 Å². The SMILES string of the molecule is C=CCCCCC1(CCC=O)SCCCS1. The van der Waals surface area contributed by atoms with Gasteiger partial charge < -0.3 is 4.79 Å². The Labute approximate surface area is 108 Å². The fourth-order valence-corrected chi connectivity index (χ4v) is 5.43. The predicted molar refractivity (Wildman–Crippen MR) is 76.2 cm³/mol. The van der Waals surface area contributed by atoms with Gasteiger partial charge >= 0.3 is 0 Å². The Kier molecular flexibility index (Phi) is 7.30. The largest absolute Gasteiger partial charge is 0.303 e. The van der Waals surface area contributed by atoms with Crippen LogP contribution in [-0.4, -0.2) is 21.9 Å². The Morgan fingerprint density at radius 1 is 1.12 bits per heavy atom. The lowest BCUT2D eigenvalue weighted by Crippen LogP contribution is -2.25. The van der Waals surface area contributed by atoms with Crippen molar-refractivity contribution in [3.05, 3.63) is 12.7 Å². The monoisotopic (exact) mass is 258 g/mol. The topological polar surface area (TPSA) is 17.1 Å². The quantitative estimate of drug-likeness (QED) is 0.367. The van der Waals surface area contributed by atoms with Crippen LogP contribution in [0.4, 0.5) is 0 Å². The number of thioether (sulfide) groups is 2. The van der Waals surface area contributed by atoms with Crippen molar-refractivity contribution in [1.82, 2.24) is 0 Å². The van der Waals surface area contributed by atoms with E-state index in [1.54, 1.807) is 0 Å². The van der Waals surface area contributed by atoms with Crippen molar-refractivity contribution >= 4 is 29.8 Å². The average Bonchev–Trinajstić information content (AvgIpc) is 2.34. The number of carbonyl (C=O) groups excluding carboxylic acids is 1. The molecule has 16 heavy (non-hydrogen) atoms. The highest BCUT2D eigenvalue weighted by Crippen LogP contribution is 2.48. The smallest absolute Gasteiger partial charge is 0.120 e. The lowest BCUT2D eigenvalue weighted by atomic mass is 10.1. The molecular formula is C13H22OS2. The maximum Gasteiger partial charge on any atom is 0.120 e. The predicted octanol–water partition coefficient (Wildman–Crippen LogP) is 4.28. The average molecular weight is 258 g/mol. The summed E-state index contributed by atoms with van der Waals surface area (Å²) in [6.45, 7) is 3.76. The first-order chi connectivity index (χ1) is 7.83. The minimum absolute atomic E-state index is 0.348. The van der Waals surface area contributed by atoms with Gasteiger partial charge in [-0.2, -0.15) is 0 Å². The second-order valence-electron chi connectivity index (χ2n) is 4.20. The first-order valence-electron chi connectivity index (χ1n) is 6.15. The number of hydrogen-bond acceptors (Lipinski definition) is 3. The lowest BCUT2D eigenvalue weighted by Gasteiger charge is -2.36. The molecule has 0 N–H and O–H groups in total. The van der Waals surface area contributed by atoms with Crippen molar-refractivity contribution in [1.29, 1.82) is 0 Å². The highest BCUT2D eigenvalue weighted by Gasteiger charge is 2.32. The van der Waals surface area contributed by atoms with Crippen molar-refractivity contribution < 1.29 is 4.79 Å². The molecule has 1 rings (SSSR count). The summed E-state index contributed by atoms with van der Waals surface area (Å²) in [4.78, 5) is 10.5. The van der Waals surface area contributed by atoms with E-state index in [0.29, 0.717) is 4.08 Å². The summed E-state index contributed by atoms with van der Waals surface area (Å²) < 4.78 is 0.348. The molecule has 0 bridgehead atoms. The summed E-state index contributed by atoms with van der Waals surface area (Å²) in [6, 6.07) is 0. The lowest BCUT2D eigenvalue weighted by molar-refractivity contribution is -0.107. The number of rotatable bonds is 8. The molecule has 3 heteroatoms. The van der Waals surface area contributed by atoms with E-state index in [2.05, 4.69) is 30.1 Å². The molecule has 0 radical (unpaired) electrons. The summed E-state index contributed by atoms with van der Waals surface area (Å²) >= 11 is 4.17. The molecule has 1 aliphatic rings. The number of allylic oxidation sites excluding steroid dienone is 1. The minimum atomic E-state index is 0.348. The van der Waals surface area contributed by atoms with E-state index in [1.165, 1.54) is 37.2 Å². The summed E-state index contributed by atoms with van der Waals surface area (Å²) in [7, 11) is 0. The molecule has 1 saturated heterocycles. The van der Waals surface area contributed by atoms with E-state index in [9.17, 15) is 4.79 Å². The number of unbranched alkanes of at least 4 members (excludes halogenated alkanes) is 2. The third-order valence-corrected chi connectivity index (χ3v) is 6.44. The van der Waals surface area contributed by atoms with Crippen LogP contribution in [0.2, 0.25) is 0 Å². The van der Waals surface area contributed by atoms with E-state index < -0.39 is 0 Å². The molecule has 1 fully saturated rings.